The molecule has 0 aliphatic heterocycles. The zero-order valence-electron chi connectivity index (χ0n) is 25.6. The molecular weight excluding hydrogens is 440 g/mol. The van der Waals surface area contributed by atoms with E-state index < -0.39 is 0 Å². The molecule has 2 atom stereocenters. The van der Waals surface area contributed by atoms with E-state index in [1.165, 1.54) is 161 Å². The van der Waals surface area contributed by atoms with E-state index in [-0.39, 0.29) is 11.9 Å². The third-order valence-corrected chi connectivity index (χ3v) is 8.04. The maximum absolute atomic E-state index is 12.6. The van der Waals surface area contributed by atoms with Crippen molar-refractivity contribution in [3.63, 3.8) is 0 Å². The fourth-order valence-corrected chi connectivity index (χ4v) is 5.31. The quantitative estimate of drug-likeness (QED) is 0.0741. The van der Waals surface area contributed by atoms with Crippen molar-refractivity contribution in [1.29, 1.82) is 0 Å². The van der Waals surface area contributed by atoms with Gasteiger partial charge in [0, 0.05) is 0 Å². The van der Waals surface area contributed by atoms with E-state index in [1.807, 2.05) is 0 Å². The van der Waals surface area contributed by atoms with Crippen LogP contribution in [0.4, 0.5) is 0 Å². The predicted molar refractivity (Wildman–Crippen MR) is 161 cm³/mol. The van der Waals surface area contributed by atoms with E-state index in [2.05, 4.69) is 27.7 Å². The van der Waals surface area contributed by atoms with Gasteiger partial charge in [0.25, 0.3) is 0 Å². The third kappa shape index (κ3) is 25.1. The Balaban J connectivity index is 3.89. The number of ether oxygens (including phenoxy) is 1. The van der Waals surface area contributed by atoms with Gasteiger partial charge in [0.15, 0.2) is 0 Å². The SMILES string of the molecule is CCCCCCCCCCCCC(CCCCC)COC(=O)C(C)CCCCCCCCCCCC. The number of esters is 1. The van der Waals surface area contributed by atoms with Crippen LogP contribution < -0.4 is 0 Å². The second-order valence-corrected chi connectivity index (χ2v) is 11.8. The maximum atomic E-state index is 12.6. The number of carbonyl (C=O) groups excluding carboxylic acids is 1. The molecule has 0 aromatic heterocycles. The fraction of sp³-hybridized carbons (Fsp3) is 0.971. The summed E-state index contributed by atoms with van der Waals surface area (Å²) in [6, 6.07) is 0. The summed E-state index contributed by atoms with van der Waals surface area (Å²) in [6.45, 7) is 9.57. The van der Waals surface area contributed by atoms with Gasteiger partial charge < -0.3 is 4.74 Å². The van der Waals surface area contributed by atoms with Crippen LogP contribution in [0, 0.1) is 11.8 Å². The summed E-state index contributed by atoms with van der Waals surface area (Å²) in [4.78, 5) is 12.6. The molecule has 0 saturated heterocycles. The van der Waals surface area contributed by atoms with E-state index in [9.17, 15) is 4.79 Å². The lowest BCUT2D eigenvalue weighted by Crippen LogP contribution is -2.19. The van der Waals surface area contributed by atoms with Gasteiger partial charge in [-0.25, -0.2) is 0 Å². The average molecular weight is 509 g/mol. The number of hydrogen-bond donors (Lipinski definition) is 0. The summed E-state index contributed by atoms with van der Waals surface area (Å²) in [7, 11) is 0. The Bertz CT molecular complexity index is 433. The molecule has 36 heavy (non-hydrogen) atoms. The first-order chi connectivity index (χ1) is 17.7. The third-order valence-electron chi connectivity index (χ3n) is 8.04. The standard InChI is InChI=1S/C34H68O2/c1-5-8-11-13-15-17-19-21-23-26-28-32(4)34(35)36-31-33(29-25-10-7-3)30-27-24-22-20-18-16-14-12-9-6-2/h32-33H,5-31H2,1-4H3. The van der Waals surface area contributed by atoms with Crippen molar-refractivity contribution in [3.8, 4) is 0 Å². The average Bonchev–Trinajstić information content (AvgIpc) is 2.88. The monoisotopic (exact) mass is 509 g/mol. The van der Waals surface area contributed by atoms with Crippen molar-refractivity contribution in [3.05, 3.63) is 0 Å². The van der Waals surface area contributed by atoms with Crippen LogP contribution in [0.3, 0.4) is 0 Å². The van der Waals surface area contributed by atoms with Gasteiger partial charge in [-0.2, -0.15) is 0 Å². The number of carbonyl (C=O) groups is 1. The van der Waals surface area contributed by atoms with Crippen molar-refractivity contribution in [1.82, 2.24) is 0 Å². The van der Waals surface area contributed by atoms with Crippen LogP contribution in [0.1, 0.15) is 195 Å². The van der Waals surface area contributed by atoms with Crippen LogP contribution in [-0.2, 0) is 9.53 Å². The highest BCUT2D eigenvalue weighted by Gasteiger charge is 2.17. The summed E-state index contributed by atoms with van der Waals surface area (Å²) in [6.07, 6.45) is 34.7. The molecule has 2 heteroatoms. The van der Waals surface area contributed by atoms with Crippen molar-refractivity contribution >= 4 is 5.97 Å². The molecule has 0 aliphatic rings. The van der Waals surface area contributed by atoms with E-state index >= 15 is 0 Å². The van der Waals surface area contributed by atoms with Crippen LogP contribution in [0.25, 0.3) is 0 Å². The Morgan fingerprint density at radius 1 is 0.472 bits per heavy atom. The first-order valence-corrected chi connectivity index (χ1v) is 16.8. The van der Waals surface area contributed by atoms with Gasteiger partial charge in [0.05, 0.1) is 12.5 Å². The van der Waals surface area contributed by atoms with Crippen LogP contribution in [-0.4, -0.2) is 12.6 Å². The lowest BCUT2D eigenvalue weighted by atomic mass is 9.95. The Morgan fingerprint density at radius 2 is 0.778 bits per heavy atom. The molecule has 0 amide bonds. The normalized spacial score (nSPS) is 13.1. The summed E-state index contributed by atoms with van der Waals surface area (Å²) in [5, 5.41) is 0. The Kier molecular flexibility index (Phi) is 28.6. The molecule has 0 aliphatic carbocycles. The zero-order chi connectivity index (χ0) is 26.5. The van der Waals surface area contributed by atoms with Gasteiger partial charge in [0.2, 0.25) is 0 Å². The van der Waals surface area contributed by atoms with Gasteiger partial charge in [-0.3, -0.25) is 4.79 Å². The lowest BCUT2D eigenvalue weighted by Gasteiger charge is -2.19. The van der Waals surface area contributed by atoms with Gasteiger partial charge in [-0.15, -0.1) is 0 Å². The molecule has 0 radical (unpaired) electrons. The molecule has 216 valence electrons. The first-order valence-electron chi connectivity index (χ1n) is 16.8. The molecule has 0 N–H and O–H groups in total. The molecule has 0 fully saturated rings. The van der Waals surface area contributed by atoms with E-state index in [0.29, 0.717) is 12.5 Å². The summed E-state index contributed by atoms with van der Waals surface area (Å²) >= 11 is 0. The highest BCUT2D eigenvalue weighted by Crippen LogP contribution is 2.21. The maximum Gasteiger partial charge on any atom is 0.308 e. The Labute approximate surface area is 228 Å². The summed E-state index contributed by atoms with van der Waals surface area (Å²) in [5.41, 5.74) is 0. The van der Waals surface area contributed by atoms with Gasteiger partial charge >= 0.3 is 5.97 Å². The molecule has 0 rings (SSSR count). The summed E-state index contributed by atoms with van der Waals surface area (Å²) < 4.78 is 5.84. The molecule has 0 bridgehead atoms. The summed E-state index contributed by atoms with van der Waals surface area (Å²) in [5.74, 6) is 0.682. The largest absolute Gasteiger partial charge is 0.465 e. The van der Waals surface area contributed by atoms with Gasteiger partial charge in [-0.1, -0.05) is 175 Å². The van der Waals surface area contributed by atoms with Gasteiger partial charge in [0.1, 0.15) is 0 Å². The second kappa shape index (κ2) is 29.0. The minimum atomic E-state index is 0.0505. The minimum absolute atomic E-state index is 0.0505. The van der Waals surface area contributed by atoms with Crippen molar-refractivity contribution in [2.24, 2.45) is 11.8 Å². The smallest absolute Gasteiger partial charge is 0.308 e. The van der Waals surface area contributed by atoms with Crippen LogP contribution in [0.5, 0.6) is 0 Å². The van der Waals surface area contributed by atoms with Crippen molar-refractivity contribution < 1.29 is 9.53 Å². The van der Waals surface area contributed by atoms with Gasteiger partial charge in [-0.05, 0) is 25.2 Å². The number of hydrogen-bond acceptors (Lipinski definition) is 2. The molecule has 0 aromatic rings. The van der Waals surface area contributed by atoms with Crippen LogP contribution >= 0.6 is 0 Å². The fourth-order valence-electron chi connectivity index (χ4n) is 5.31. The van der Waals surface area contributed by atoms with Crippen molar-refractivity contribution in [2.45, 2.75) is 195 Å². The highest BCUT2D eigenvalue weighted by atomic mass is 16.5. The lowest BCUT2D eigenvalue weighted by molar-refractivity contribution is -0.149. The zero-order valence-corrected chi connectivity index (χ0v) is 25.6. The first kappa shape index (κ1) is 35.5. The van der Waals surface area contributed by atoms with Crippen LogP contribution in [0.2, 0.25) is 0 Å². The Morgan fingerprint density at radius 3 is 1.19 bits per heavy atom. The van der Waals surface area contributed by atoms with E-state index in [0.717, 1.165) is 6.42 Å². The highest BCUT2D eigenvalue weighted by molar-refractivity contribution is 5.71. The van der Waals surface area contributed by atoms with E-state index in [1.54, 1.807) is 0 Å². The molecule has 0 spiro atoms. The second-order valence-electron chi connectivity index (χ2n) is 11.8. The molecule has 2 unspecified atom stereocenters. The molecule has 2 nitrogen and oxygen atoms in total. The topological polar surface area (TPSA) is 26.3 Å². The minimum Gasteiger partial charge on any atom is -0.465 e. The number of unbranched alkanes of at least 4 members (excludes halogenated alkanes) is 20. The molecule has 0 saturated carbocycles. The van der Waals surface area contributed by atoms with Crippen LogP contribution in [0.15, 0.2) is 0 Å². The predicted octanol–water partition coefficient (Wildman–Crippen LogP) is 12.0. The Hall–Kier alpha value is -0.530. The number of rotatable bonds is 29. The van der Waals surface area contributed by atoms with Crippen molar-refractivity contribution in [2.75, 3.05) is 6.61 Å². The van der Waals surface area contributed by atoms with E-state index in [4.69, 9.17) is 4.74 Å². The molecule has 0 heterocycles. The molecule has 0 aromatic carbocycles. The molecular formula is C34H68O2.